The molecule has 0 radical (unpaired) electrons. The molecule has 2 aliphatic rings. The molecule has 5 nitrogen and oxygen atoms in total. The van der Waals surface area contributed by atoms with Crippen molar-refractivity contribution in [2.75, 3.05) is 13.1 Å². The Hall–Kier alpha value is -1.66. The molecular formula is C18H19BrN2O3. The fraction of sp³-hybridized carbons (Fsp3) is 0.444. The lowest BCUT2D eigenvalue weighted by molar-refractivity contribution is -0.149. The van der Waals surface area contributed by atoms with Gasteiger partial charge < -0.3 is 9.52 Å². The van der Waals surface area contributed by atoms with Crippen LogP contribution in [0.2, 0.25) is 0 Å². The molecule has 2 fully saturated rings. The smallest absolute Gasteiger partial charge is 0.311 e. The van der Waals surface area contributed by atoms with Crippen LogP contribution in [0.15, 0.2) is 39.4 Å². The van der Waals surface area contributed by atoms with E-state index in [2.05, 4.69) is 25.8 Å². The number of carboxylic acid groups (broad SMARTS) is 1. The van der Waals surface area contributed by atoms with E-state index in [0.29, 0.717) is 19.0 Å². The summed E-state index contributed by atoms with van der Waals surface area (Å²) in [6, 6.07) is 7.83. The fourth-order valence-electron chi connectivity index (χ4n) is 4.20. The van der Waals surface area contributed by atoms with Gasteiger partial charge in [-0.2, -0.15) is 0 Å². The second-order valence-corrected chi connectivity index (χ2v) is 7.79. The van der Waals surface area contributed by atoms with Gasteiger partial charge in [0.25, 0.3) is 0 Å². The van der Waals surface area contributed by atoms with Gasteiger partial charge in [0.2, 0.25) is 5.89 Å². The molecule has 0 unspecified atom stereocenters. The van der Waals surface area contributed by atoms with Crippen molar-refractivity contribution in [2.45, 2.75) is 25.8 Å². The zero-order chi connectivity index (χ0) is 16.7. The molecule has 4 rings (SSSR count). The van der Waals surface area contributed by atoms with Gasteiger partial charge in [-0.1, -0.05) is 22.4 Å². The predicted molar refractivity (Wildman–Crippen MR) is 92.3 cm³/mol. The van der Waals surface area contributed by atoms with Crippen molar-refractivity contribution >= 4 is 21.9 Å². The van der Waals surface area contributed by atoms with Gasteiger partial charge in [-0.3, -0.25) is 9.69 Å². The average molecular weight is 391 g/mol. The molecule has 0 spiro atoms. The first-order valence-corrected chi connectivity index (χ1v) is 9.02. The number of aromatic nitrogens is 1. The first-order chi connectivity index (χ1) is 11.6. The number of likely N-dealkylation sites (tertiary alicyclic amines) is 1. The van der Waals surface area contributed by atoms with E-state index in [-0.39, 0.29) is 5.92 Å². The van der Waals surface area contributed by atoms with Crippen molar-refractivity contribution < 1.29 is 14.3 Å². The molecule has 126 valence electrons. The van der Waals surface area contributed by atoms with Crippen molar-refractivity contribution in [2.24, 2.45) is 11.3 Å². The van der Waals surface area contributed by atoms with E-state index in [1.165, 1.54) is 0 Å². The Morgan fingerprint density at radius 2 is 2.21 bits per heavy atom. The van der Waals surface area contributed by atoms with Crippen molar-refractivity contribution in [3.05, 3.63) is 40.7 Å². The Bertz CT molecular complexity index is 758. The zero-order valence-corrected chi connectivity index (χ0v) is 14.8. The van der Waals surface area contributed by atoms with E-state index in [1.807, 2.05) is 24.3 Å². The van der Waals surface area contributed by atoms with E-state index in [4.69, 9.17) is 4.42 Å². The Morgan fingerprint density at radius 1 is 1.42 bits per heavy atom. The largest absolute Gasteiger partial charge is 0.481 e. The SMILES string of the molecule is O=C(O)[C@@]12CCC[C@H]1CN(Cc1coc(-c3ccc(Br)cc3)n1)C2. The van der Waals surface area contributed by atoms with Crippen molar-refractivity contribution in [1.82, 2.24) is 9.88 Å². The summed E-state index contributed by atoms with van der Waals surface area (Å²) in [7, 11) is 0. The van der Waals surface area contributed by atoms with E-state index in [1.54, 1.807) is 6.26 Å². The molecule has 1 N–H and O–H groups in total. The molecule has 1 saturated heterocycles. The number of aliphatic carboxylic acids is 1. The van der Waals surface area contributed by atoms with E-state index >= 15 is 0 Å². The summed E-state index contributed by atoms with van der Waals surface area (Å²) >= 11 is 3.42. The highest BCUT2D eigenvalue weighted by molar-refractivity contribution is 9.10. The summed E-state index contributed by atoms with van der Waals surface area (Å²) in [6.45, 7) is 2.10. The van der Waals surface area contributed by atoms with Crippen LogP contribution in [0.3, 0.4) is 0 Å². The molecule has 1 aromatic heterocycles. The summed E-state index contributed by atoms with van der Waals surface area (Å²) in [5.74, 6) is 0.237. The molecular weight excluding hydrogens is 372 g/mol. The first-order valence-electron chi connectivity index (χ1n) is 8.23. The minimum Gasteiger partial charge on any atom is -0.481 e. The third-order valence-electron chi connectivity index (χ3n) is 5.40. The molecule has 0 bridgehead atoms. The molecule has 1 aliphatic carbocycles. The van der Waals surface area contributed by atoms with Crippen LogP contribution in [0, 0.1) is 11.3 Å². The number of fused-ring (bicyclic) bond motifs is 1. The molecule has 1 saturated carbocycles. The first kappa shape index (κ1) is 15.8. The van der Waals surface area contributed by atoms with E-state index in [9.17, 15) is 9.90 Å². The summed E-state index contributed by atoms with van der Waals surface area (Å²) in [5, 5.41) is 9.67. The van der Waals surface area contributed by atoms with Crippen molar-refractivity contribution in [1.29, 1.82) is 0 Å². The third-order valence-corrected chi connectivity index (χ3v) is 5.92. The Kier molecular flexibility index (Phi) is 3.96. The van der Waals surface area contributed by atoms with Crippen molar-refractivity contribution in [3.63, 3.8) is 0 Å². The third kappa shape index (κ3) is 2.67. The number of benzene rings is 1. The number of hydrogen-bond donors (Lipinski definition) is 1. The van der Waals surface area contributed by atoms with Gasteiger partial charge in [0.1, 0.15) is 6.26 Å². The molecule has 1 aromatic carbocycles. The lowest BCUT2D eigenvalue weighted by atomic mass is 9.81. The molecule has 2 aromatic rings. The molecule has 2 atom stereocenters. The lowest BCUT2D eigenvalue weighted by Crippen LogP contribution is -2.35. The van der Waals surface area contributed by atoms with Gasteiger partial charge in [0, 0.05) is 29.7 Å². The van der Waals surface area contributed by atoms with Gasteiger partial charge in [-0.15, -0.1) is 0 Å². The second kappa shape index (κ2) is 6.01. The Morgan fingerprint density at radius 3 is 2.92 bits per heavy atom. The Balaban J connectivity index is 1.47. The van der Waals surface area contributed by atoms with Gasteiger partial charge in [0.15, 0.2) is 0 Å². The highest BCUT2D eigenvalue weighted by Gasteiger charge is 2.54. The molecule has 1 aliphatic heterocycles. The van der Waals surface area contributed by atoms with Crippen LogP contribution >= 0.6 is 15.9 Å². The van der Waals surface area contributed by atoms with Crippen LogP contribution in [0.5, 0.6) is 0 Å². The number of nitrogens with zero attached hydrogens (tertiary/aromatic N) is 2. The molecule has 2 heterocycles. The Labute approximate surface area is 148 Å². The maximum absolute atomic E-state index is 11.8. The molecule has 24 heavy (non-hydrogen) atoms. The summed E-state index contributed by atoms with van der Waals surface area (Å²) in [5.41, 5.74) is 1.25. The maximum Gasteiger partial charge on any atom is 0.311 e. The lowest BCUT2D eigenvalue weighted by Gasteiger charge is -2.23. The van der Waals surface area contributed by atoms with Crippen LogP contribution in [-0.2, 0) is 11.3 Å². The highest BCUT2D eigenvalue weighted by atomic mass is 79.9. The van der Waals surface area contributed by atoms with E-state index in [0.717, 1.165) is 41.5 Å². The minimum atomic E-state index is -0.636. The number of carboxylic acids is 1. The number of hydrogen-bond acceptors (Lipinski definition) is 4. The number of rotatable bonds is 4. The van der Waals surface area contributed by atoms with E-state index < -0.39 is 11.4 Å². The average Bonchev–Trinajstić information content (AvgIpc) is 3.22. The number of carbonyl (C=O) groups is 1. The summed E-state index contributed by atoms with van der Waals surface area (Å²) < 4.78 is 6.61. The zero-order valence-electron chi connectivity index (χ0n) is 13.2. The topological polar surface area (TPSA) is 66.6 Å². The monoisotopic (exact) mass is 390 g/mol. The predicted octanol–water partition coefficient (Wildman–Crippen LogP) is 3.79. The van der Waals surface area contributed by atoms with Gasteiger partial charge in [0.05, 0.1) is 11.1 Å². The highest BCUT2D eigenvalue weighted by Crippen LogP contribution is 2.49. The standard InChI is InChI=1S/C18H19BrN2O3/c19-14-5-3-12(4-6-14)16-20-15(10-24-16)9-21-8-13-2-1-7-18(13,11-21)17(22)23/h3-6,10,13H,1-2,7-9,11H2,(H,22,23)/t13-,18+/m0/s1. The normalized spacial score (nSPS) is 26.6. The quantitative estimate of drug-likeness (QED) is 0.859. The number of halogens is 1. The molecule has 0 amide bonds. The summed E-state index contributed by atoms with van der Waals surface area (Å²) in [4.78, 5) is 18.5. The fourth-order valence-corrected chi connectivity index (χ4v) is 4.46. The maximum atomic E-state index is 11.8. The van der Waals surface area contributed by atoms with Crippen LogP contribution < -0.4 is 0 Å². The van der Waals surface area contributed by atoms with Crippen molar-refractivity contribution in [3.8, 4) is 11.5 Å². The van der Waals surface area contributed by atoms with Gasteiger partial charge >= 0.3 is 5.97 Å². The van der Waals surface area contributed by atoms with Crippen LogP contribution in [0.25, 0.3) is 11.5 Å². The van der Waals surface area contributed by atoms with Crippen LogP contribution in [0.1, 0.15) is 25.0 Å². The van der Waals surface area contributed by atoms with Gasteiger partial charge in [-0.25, -0.2) is 4.98 Å². The second-order valence-electron chi connectivity index (χ2n) is 6.87. The molecule has 6 heteroatoms. The van der Waals surface area contributed by atoms with Gasteiger partial charge in [-0.05, 0) is 43.0 Å². The van der Waals surface area contributed by atoms with Crippen LogP contribution in [-0.4, -0.2) is 34.0 Å². The van der Waals surface area contributed by atoms with Crippen LogP contribution in [0.4, 0.5) is 0 Å². The minimum absolute atomic E-state index is 0.271. The number of oxazole rings is 1. The summed E-state index contributed by atoms with van der Waals surface area (Å²) in [6.07, 6.45) is 4.53.